The molecule has 25 heavy (non-hydrogen) atoms. The third-order valence-electron chi connectivity index (χ3n) is 5.77. The molecule has 2 nitrogen and oxygen atoms in total. The minimum atomic E-state index is -0.940. The Labute approximate surface area is 179 Å². The smallest absolute Gasteiger partial charge is 0.550 e. The molecule has 0 unspecified atom stereocenters. The van der Waals surface area contributed by atoms with Crippen LogP contribution in [0.15, 0.2) is 12.2 Å². The molecule has 0 amide bonds. The van der Waals surface area contributed by atoms with E-state index in [-0.39, 0.29) is 35.0 Å². The van der Waals surface area contributed by atoms with Crippen LogP contribution in [0.25, 0.3) is 0 Å². The predicted molar refractivity (Wildman–Crippen MR) is 103 cm³/mol. The Morgan fingerprint density at radius 2 is 1.24 bits per heavy atom. The number of carbonyl (C=O) groups is 1. The molecule has 0 aliphatic carbocycles. The minimum absolute atomic E-state index is 0. The van der Waals surface area contributed by atoms with E-state index in [4.69, 9.17) is 0 Å². The Hall–Kier alpha value is 0.210. The van der Waals surface area contributed by atoms with Crippen LogP contribution in [-0.4, -0.2) is 5.97 Å². The number of rotatable bonds is 15. The minimum Gasteiger partial charge on any atom is -0.550 e. The first-order chi connectivity index (χ1) is 11.3. The van der Waals surface area contributed by atoms with Gasteiger partial charge in [-0.15, -0.1) is 0 Å². The van der Waals surface area contributed by atoms with Crippen molar-refractivity contribution in [3.05, 3.63) is 12.2 Å². The molecule has 0 saturated carbocycles. The van der Waals surface area contributed by atoms with Gasteiger partial charge in [0, 0.05) is 11.4 Å². The maximum atomic E-state index is 11.3. The Morgan fingerprint density at radius 1 is 0.800 bits per heavy atom. The second-order valence-corrected chi connectivity index (χ2v) is 8.42. The molecule has 0 aromatic rings. The fraction of sp³-hybridized carbons (Fsp3) is 0.864. The maximum Gasteiger partial charge on any atom is 1.00 e. The molecule has 0 N–H and O–H groups in total. The van der Waals surface area contributed by atoms with Gasteiger partial charge in [-0.05, 0) is 37.5 Å². The molecule has 0 bridgehead atoms. The van der Waals surface area contributed by atoms with Crippen LogP contribution < -0.4 is 34.7 Å². The van der Waals surface area contributed by atoms with Crippen LogP contribution in [-0.2, 0) is 4.79 Å². The molecule has 0 heterocycles. The van der Waals surface area contributed by atoms with Crippen LogP contribution in [0.2, 0.25) is 0 Å². The van der Waals surface area contributed by atoms with Crippen molar-refractivity contribution in [3.8, 4) is 0 Å². The second kappa shape index (κ2) is 15.3. The van der Waals surface area contributed by atoms with Gasteiger partial charge in [-0.3, -0.25) is 0 Å². The van der Waals surface area contributed by atoms with Crippen molar-refractivity contribution in [2.75, 3.05) is 0 Å². The van der Waals surface area contributed by atoms with E-state index >= 15 is 0 Å². The SMILES string of the molecule is CCCCCCCC/C=C\CCCCCC(C)(C)C(C)(C)C(=O)[O-].[Na+]. The van der Waals surface area contributed by atoms with E-state index in [2.05, 4.69) is 19.1 Å². The number of carboxylic acids is 1. The fourth-order valence-corrected chi connectivity index (χ4v) is 2.87. The van der Waals surface area contributed by atoms with E-state index in [0.717, 1.165) is 19.3 Å². The average molecular weight is 361 g/mol. The summed E-state index contributed by atoms with van der Waals surface area (Å²) in [5, 5.41) is 11.3. The van der Waals surface area contributed by atoms with Crippen molar-refractivity contribution in [1.29, 1.82) is 0 Å². The van der Waals surface area contributed by atoms with Crippen molar-refractivity contribution in [1.82, 2.24) is 0 Å². The average Bonchev–Trinajstić information content (AvgIpc) is 2.51. The first-order valence-corrected chi connectivity index (χ1v) is 10.1. The molecule has 0 aromatic carbocycles. The number of aliphatic carboxylic acids is 1. The van der Waals surface area contributed by atoms with E-state index in [9.17, 15) is 9.90 Å². The number of hydrogen-bond donors (Lipinski definition) is 0. The van der Waals surface area contributed by atoms with Crippen LogP contribution in [0.4, 0.5) is 0 Å². The number of allylic oxidation sites excluding steroid dienone is 2. The standard InChI is InChI=1S/C22H42O2.Na/c1-6-7-8-9-10-11-12-13-14-15-16-17-18-19-21(2,3)22(4,5)20(23)24;/h13-14H,6-12,15-19H2,1-5H3,(H,23,24);/q;+1/p-1/b14-13-;. The quantitative estimate of drug-likeness (QED) is 0.256. The molecular weight excluding hydrogens is 319 g/mol. The van der Waals surface area contributed by atoms with E-state index in [0.29, 0.717) is 0 Å². The fourth-order valence-electron chi connectivity index (χ4n) is 2.87. The third kappa shape index (κ3) is 12.3. The third-order valence-corrected chi connectivity index (χ3v) is 5.77. The Kier molecular flexibility index (Phi) is 16.8. The summed E-state index contributed by atoms with van der Waals surface area (Å²) in [5.74, 6) is -0.940. The monoisotopic (exact) mass is 360 g/mol. The summed E-state index contributed by atoms with van der Waals surface area (Å²) in [4.78, 5) is 11.3. The van der Waals surface area contributed by atoms with Crippen LogP contribution >= 0.6 is 0 Å². The summed E-state index contributed by atoms with van der Waals surface area (Å²) in [6.45, 7) is 9.92. The molecule has 0 aliphatic rings. The molecule has 0 aromatic heterocycles. The summed E-state index contributed by atoms with van der Waals surface area (Å²) in [7, 11) is 0. The zero-order chi connectivity index (χ0) is 18.5. The second-order valence-electron chi connectivity index (χ2n) is 8.42. The van der Waals surface area contributed by atoms with Gasteiger partial charge >= 0.3 is 29.6 Å². The van der Waals surface area contributed by atoms with Crippen molar-refractivity contribution >= 4 is 5.97 Å². The van der Waals surface area contributed by atoms with Crippen LogP contribution in [0, 0.1) is 10.8 Å². The number of carboxylic acid groups (broad SMARTS) is 1. The molecule has 0 spiro atoms. The molecule has 0 radical (unpaired) electrons. The van der Waals surface area contributed by atoms with Gasteiger partial charge in [-0.25, -0.2) is 0 Å². The van der Waals surface area contributed by atoms with Crippen molar-refractivity contribution < 1.29 is 39.5 Å². The molecule has 0 rings (SSSR count). The molecule has 3 heteroatoms. The van der Waals surface area contributed by atoms with Crippen LogP contribution in [0.5, 0.6) is 0 Å². The van der Waals surface area contributed by atoms with Gasteiger partial charge in [0.25, 0.3) is 0 Å². The van der Waals surface area contributed by atoms with Gasteiger partial charge in [0.05, 0.1) is 0 Å². The van der Waals surface area contributed by atoms with Crippen molar-refractivity contribution in [2.24, 2.45) is 10.8 Å². The number of hydrogen-bond acceptors (Lipinski definition) is 2. The summed E-state index contributed by atoms with van der Waals surface area (Å²) in [5.41, 5.74) is -0.997. The van der Waals surface area contributed by atoms with E-state index in [1.54, 1.807) is 13.8 Å². The van der Waals surface area contributed by atoms with Crippen molar-refractivity contribution in [3.63, 3.8) is 0 Å². The molecular formula is C22H41NaO2. The van der Waals surface area contributed by atoms with Gasteiger partial charge in [-0.1, -0.05) is 91.7 Å². The van der Waals surface area contributed by atoms with Gasteiger partial charge in [0.1, 0.15) is 0 Å². The van der Waals surface area contributed by atoms with Gasteiger partial charge in [0.2, 0.25) is 0 Å². The summed E-state index contributed by atoms with van der Waals surface area (Å²) < 4.78 is 0. The molecule has 0 saturated heterocycles. The molecule has 0 fully saturated rings. The summed E-state index contributed by atoms with van der Waals surface area (Å²) in [6.07, 6.45) is 19.6. The van der Waals surface area contributed by atoms with E-state index in [1.807, 2.05) is 13.8 Å². The molecule has 0 aliphatic heterocycles. The molecule has 0 atom stereocenters. The van der Waals surface area contributed by atoms with E-state index in [1.165, 1.54) is 57.8 Å². The first-order valence-electron chi connectivity index (χ1n) is 10.1. The summed E-state index contributed by atoms with van der Waals surface area (Å²) in [6, 6.07) is 0. The zero-order valence-corrected chi connectivity index (χ0v) is 20.0. The first kappa shape index (κ1) is 27.4. The van der Waals surface area contributed by atoms with Crippen LogP contribution in [0.3, 0.4) is 0 Å². The number of unbranched alkanes of at least 4 members (excludes halogenated alkanes) is 9. The van der Waals surface area contributed by atoms with Crippen molar-refractivity contribution in [2.45, 2.75) is 112 Å². The van der Waals surface area contributed by atoms with E-state index < -0.39 is 11.4 Å². The molecule has 142 valence electrons. The summed E-state index contributed by atoms with van der Waals surface area (Å²) >= 11 is 0. The Morgan fingerprint density at radius 3 is 1.72 bits per heavy atom. The number of carbonyl (C=O) groups excluding carboxylic acids is 1. The van der Waals surface area contributed by atoms with Crippen LogP contribution in [0.1, 0.15) is 112 Å². The van der Waals surface area contributed by atoms with Gasteiger partial charge in [-0.2, -0.15) is 0 Å². The normalized spacial score (nSPS) is 12.4. The maximum absolute atomic E-state index is 11.3. The Bertz CT molecular complexity index is 359. The zero-order valence-electron chi connectivity index (χ0n) is 18.0. The topological polar surface area (TPSA) is 40.1 Å². The van der Waals surface area contributed by atoms with Gasteiger partial charge < -0.3 is 9.90 Å². The largest absolute Gasteiger partial charge is 1.00 e. The Balaban J connectivity index is 0. The predicted octanol–water partition coefficient (Wildman–Crippen LogP) is 3.05. The van der Waals surface area contributed by atoms with Gasteiger partial charge in [0.15, 0.2) is 0 Å².